The first-order chi connectivity index (χ1) is 9.88. The Labute approximate surface area is 133 Å². The number of thiazole rings is 1. The highest BCUT2D eigenvalue weighted by Gasteiger charge is 2.42. The van der Waals surface area contributed by atoms with Gasteiger partial charge in [-0.05, 0) is 32.0 Å². The third-order valence-corrected chi connectivity index (χ3v) is 4.55. The molecule has 0 radical (unpaired) electrons. The summed E-state index contributed by atoms with van der Waals surface area (Å²) in [5.41, 5.74) is 0.464. The van der Waals surface area contributed by atoms with Crippen LogP contribution in [-0.4, -0.2) is 23.2 Å². The summed E-state index contributed by atoms with van der Waals surface area (Å²) in [7, 11) is 0. The molecule has 1 amide bonds. The molecule has 0 N–H and O–H groups in total. The van der Waals surface area contributed by atoms with E-state index in [4.69, 9.17) is 4.74 Å². The Balaban J connectivity index is 1.99. The van der Waals surface area contributed by atoms with Crippen molar-refractivity contribution in [2.75, 3.05) is 11.5 Å². The number of hydrogen-bond donors (Lipinski definition) is 0. The molecule has 1 aromatic heterocycles. The first kappa shape index (κ1) is 14.5. The highest BCUT2D eigenvalue weighted by Crippen LogP contribution is 2.35. The van der Waals surface area contributed by atoms with Crippen LogP contribution >= 0.6 is 27.3 Å². The zero-order valence-corrected chi connectivity index (χ0v) is 13.8. The van der Waals surface area contributed by atoms with Crippen LogP contribution in [0.1, 0.15) is 13.8 Å². The molecule has 0 bridgehead atoms. The molecule has 7 heteroatoms. The Bertz CT molecular complexity index is 717. The molecule has 2 aromatic rings. The van der Waals surface area contributed by atoms with Gasteiger partial charge in [0.25, 0.3) is 0 Å². The average Bonchev–Trinajstić information content (AvgIpc) is 2.94. The fourth-order valence-electron chi connectivity index (χ4n) is 2.14. The van der Waals surface area contributed by atoms with E-state index in [9.17, 15) is 9.18 Å². The molecular weight excluding hydrogens is 359 g/mol. The molecule has 3 rings (SSSR count). The monoisotopic (exact) mass is 370 g/mol. The summed E-state index contributed by atoms with van der Waals surface area (Å²) < 4.78 is 19.7. The number of nitrogens with zero attached hydrogens (tertiary/aromatic N) is 2. The summed E-state index contributed by atoms with van der Waals surface area (Å²) in [6.45, 7) is 4.12. The predicted octanol–water partition coefficient (Wildman–Crippen LogP) is 4.45. The second-order valence-corrected chi connectivity index (χ2v) is 7.09. The van der Waals surface area contributed by atoms with Gasteiger partial charge in [0.1, 0.15) is 12.4 Å². The number of hydrogen-bond acceptors (Lipinski definition) is 4. The highest BCUT2D eigenvalue weighted by atomic mass is 79.9. The lowest BCUT2D eigenvalue weighted by Gasteiger charge is -2.24. The largest absolute Gasteiger partial charge is 0.447 e. The van der Waals surface area contributed by atoms with Gasteiger partial charge in [-0.2, -0.15) is 0 Å². The van der Waals surface area contributed by atoms with Crippen molar-refractivity contribution in [2.24, 2.45) is 0 Å². The van der Waals surface area contributed by atoms with E-state index < -0.39 is 11.6 Å². The number of aromatic nitrogens is 1. The van der Waals surface area contributed by atoms with E-state index in [-0.39, 0.29) is 5.82 Å². The molecule has 1 saturated heterocycles. The molecule has 0 atom stereocenters. The fourth-order valence-corrected chi connectivity index (χ4v) is 3.45. The molecular formula is C14H12BrFN2O2S. The van der Waals surface area contributed by atoms with E-state index in [0.29, 0.717) is 27.5 Å². The molecule has 1 aliphatic rings. The number of amides is 1. The lowest BCUT2D eigenvalue weighted by atomic mass is 10.1. The van der Waals surface area contributed by atoms with Crippen molar-refractivity contribution in [1.82, 2.24) is 4.98 Å². The Morgan fingerprint density at radius 3 is 2.86 bits per heavy atom. The van der Waals surface area contributed by atoms with E-state index >= 15 is 0 Å². The second-order valence-electron chi connectivity index (χ2n) is 5.34. The standard InChI is InChI=1S/C14H12BrFN2O2S/c1-14(2)7-20-13(19)18(14)12-17-11(6-21-12)9-4-3-8(15)5-10(9)16/h3-6H,7H2,1-2H3. The van der Waals surface area contributed by atoms with Crippen molar-refractivity contribution < 1.29 is 13.9 Å². The zero-order chi connectivity index (χ0) is 15.2. The van der Waals surface area contributed by atoms with E-state index in [1.807, 2.05) is 13.8 Å². The summed E-state index contributed by atoms with van der Waals surface area (Å²) in [5, 5.41) is 2.25. The maximum absolute atomic E-state index is 14.0. The lowest BCUT2D eigenvalue weighted by Crippen LogP contribution is -2.42. The molecule has 1 aromatic carbocycles. The minimum absolute atomic E-state index is 0.313. The van der Waals surface area contributed by atoms with Crippen LogP contribution in [0.2, 0.25) is 0 Å². The molecule has 1 aliphatic heterocycles. The summed E-state index contributed by atoms with van der Waals surface area (Å²) >= 11 is 4.52. The van der Waals surface area contributed by atoms with Gasteiger partial charge in [-0.25, -0.2) is 19.1 Å². The Morgan fingerprint density at radius 1 is 1.48 bits per heavy atom. The van der Waals surface area contributed by atoms with Crippen LogP contribution < -0.4 is 4.90 Å². The minimum atomic E-state index is -0.454. The molecule has 0 unspecified atom stereocenters. The average molecular weight is 371 g/mol. The quantitative estimate of drug-likeness (QED) is 0.784. The van der Waals surface area contributed by atoms with Crippen LogP contribution in [0, 0.1) is 5.82 Å². The van der Waals surface area contributed by atoms with E-state index in [0.717, 1.165) is 0 Å². The van der Waals surface area contributed by atoms with Crippen LogP contribution in [-0.2, 0) is 4.74 Å². The summed E-state index contributed by atoms with van der Waals surface area (Å²) in [4.78, 5) is 17.7. The highest BCUT2D eigenvalue weighted by molar-refractivity contribution is 9.10. The van der Waals surface area contributed by atoms with Crippen molar-refractivity contribution in [3.8, 4) is 11.3 Å². The van der Waals surface area contributed by atoms with Crippen LogP contribution in [0.4, 0.5) is 14.3 Å². The normalized spacial score (nSPS) is 17.1. The minimum Gasteiger partial charge on any atom is -0.447 e. The van der Waals surface area contributed by atoms with Gasteiger partial charge in [0.15, 0.2) is 5.13 Å². The van der Waals surface area contributed by atoms with Crippen molar-refractivity contribution >= 4 is 38.5 Å². The van der Waals surface area contributed by atoms with E-state index in [1.54, 1.807) is 17.5 Å². The van der Waals surface area contributed by atoms with Gasteiger partial charge in [-0.15, -0.1) is 11.3 Å². The lowest BCUT2D eigenvalue weighted by molar-refractivity contribution is 0.175. The maximum atomic E-state index is 14.0. The van der Waals surface area contributed by atoms with Crippen LogP contribution in [0.25, 0.3) is 11.3 Å². The smallest absolute Gasteiger partial charge is 0.416 e. The fraction of sp³-hybridized carbons (Fsp3) is 0.286. The molecule has 0 spiro atoms. The van der Waals surface area contributed by atoms with Crippen molar-refractivity contribution in [1.29, 1.82) is 0 Å². The van der Waals surface area contributed by atoms with Gasteiger partial charge in [-0.3, -0.25) is 0 Å². The van der Waals surface area contributed by atoms with Gasteiger partial charge in [0.05, 0.1) is 11.2 Å². The molecule has 4 nitrogen and oxygen atoms in total. The van der Waals surface area contributed by atoms with Crippen LogP contribution in [0.15, 0.2) is 28.1 Å². The van der Waals surface area contributed by atoms with Gasteiger partial charge >= 0.3 is 6.09 Å². The van der Waals surface area contributed by atoms with Crippen molar-refractivity contribution in [3.05, 3.63) is 33.9 Å². The summed E-state index contributed by atoms with van der Waals surface area (Å²) in [5.74, 6) is -0.357. The Morgan fingerprint density at radius 2 is 2.24 bits per heavy atom. The number of rotatable bonds is 2. The van der Waals surface area contributed by atoms with E-state index in [1.165, 1.54) is 22.3 Å². The number of cyclic esters (lactones) is 1. The summed E-state index contributed by atoms with van der Waals surface area (Å²) in [6, 6.07) is 4.81. The Kier molecular flexibility index (Phi) is 3.49. The topological polar surface area (TPSA) is 42.4 Å². The predicted molar refractivity (Wildman–Crippen MR) is 83.1 cm³/mol. The van der Waals surface area contributed by atoms with Crippen LogP contribution in [0.3, 0.4) is 0 Å². The first-order valence-electron chi connectivity index (χ1n) is 6.26. The third-order valence-electron chi connectivity index (χ3n) is 3.23. The van der Waals surface area contributed by atoms with Crippen LogP contribution in [0.5, 0.6) is 0 Å². The van der Waals surface area contributed by atoms with Gasteiger partial charge < -0.3 is 4.74 Å². The third kappa shape index (κ3) is 2.55. The maximum Gasteiger partial charge on any atom is 0.416 e. The molecule has 1 fully saturated rings. The van der Waals surface area contributed by atoms with E-state index in [2.05, 4.69) is 20.9 Å². The molecule has 0 saturated carbocycles. The number of carbonyl (C=O) groups is 1. The number of halogens is 2. The molecule has 21 heavy (non-hydrogen) atoms. The zero-order valence-electron chi connectivity index (χ0n) is 11.4. The van der Waals surface area contributed by atoms with Crippen molar-refractivity contribution in [3.63, 3.8) is 0 Å². The number of benzene rings is 1. The van der Waals surface area contributed by atoms with Gasteiger partial charge in [-0.1, -0.05) is 15.9 Å². The first-order valence-corrected chi connectivity index (χ1v) is 7.94. The van der Waals surface area contributed by atoms with Crippen molar-refractivity contribution in [2.45, 2.75) is 19.4 Å². The molecule has 0 aliphatic carbocycles. The van der Waals surface area contributed by atoms with Gasteiger partial charge in [0.2, 0.25) is 0 Å². The summed E-state index contributed by atoms with van der Waals surface area (Å²) in [6.07, 6.45) is -0.419. The SMILES string of the molecule is CC1(C)COC(=O)N1c1nc(-c2ccc(Br)cc2F)cs1. The number of carbonyl (C=O) groups excluding carboxylic acids is 1. The van der Waals surface area contributed by atoms with Gasteiger partial charge in [0, 0.05) is 15.4 Å². The Hall–Kier alpha value is -1.47. The molecule has 110 valence electrons. The molecule has 2 heterocycles. The number of ether oxygens (including phenoxy) is 1. The second kappa shape index (κ2) is 5.06. The number of anilines is 1.